The molecule has 5 nitrogen and oxygen atoms in total. The lowest BCUT2D eigenvalue weighted by Crippen LogP contribution is -2.37. The smallest absolute Gasteiger partial charge is 0.242 e. The van der Waals surface area contributed by atoms with Crippen LogP contribution in [0.15, 0.2) is 24.3 Å². The molecular weight excluding hydrogens is 252 g/mol. The Labute approximate surface area is 118 Å². The standard InChI is InChI=1S/C15H20N4O/c1-16-15-17-12-7-3-4-8-13(12)19(15)11-14(20)18-9-5-2-6-10-18/h3-4,7-8H,2,5-6,9-11H2,1H3,(H,16,17). The normalized spacial score (nSPS) is 15.6. The van der Waals surface area contributed by atoms with E-state index < -0.39 is 0 Å². The number of piperidine rings is 1. The molecule has 0 bridgehead atoms. The largest absolute Gasteiger partial charge is 0.359 e. The van der Waals surface area contributed by atoms with Crippen LogP contribution >= 0.6 is 0 Å². The van der Waals surface area contributed by atoms with E-state index in [9.17, 15) is 4.79 Å². The first kappa shape index (κ1) is 13.0. The van der Waals surface area contributed by atoms with Gasteiger partial charge in [0.15, 0.2) is 0 Å². The molecule has 1 aromatic carbocycles. The van der Waals surface area contributed by atoms with E-state index in [4.69, 9.17) is 0 Å². The van der Waals surface area contributed by atoms with Crippen molar-refractivity contribution in [2.24, 2.45) is 0 Å². The third kappa shape index (κ3) is 2.35. The Morgan fingerprint density at radius 3 is 2.75 bits per heavy atom. The zero-order valence-corrected chi connectivity index (χ0v) is 11.8. The molecule has 0 spiro atoms. The second-order valence-corrected chi connectivity index (χ2v) is 5.20. The van der Waals surface area contributed by atoms with Crippen LogP contribution in [0.1, 0.15) is 19.3 Å². The van der Waals surface area contributed by atoms with E-state index in [1.807, 2.05) is 40.8 Å². The third-order valence-electron chi connectivity index (χ3n) is 3.88. The van der Waals surface area contributed by atoms with Gasteiger partial charge in [0.2, 0.25) is 11.9 Å². The highest BCUT2D eigenvalue weighted by Gasteiger charge is 2.19. The van der Waals surface area contributed by atoms with E-state index in [-0.39, 0.29) is 5.91 Å². The van der Waals surface area contributed by atoms with Crippen molar-refractivity contribution in [2.75, 3.05) is 25.5 Å². The number of anilines is 1. The summed E-state index contributed by atoms with van der Waals surface area (Å²) < 4.78 is 1.96. The van der Waals surface area contributed by atoms with Crippen LogP contribution in [0.5, 0.6) is 0 Å². The number of para-hydroxylation sites is 2. The molecule has 0 atom stereocenters. The minimum atomic E-state index is 0.185. The lowest BCUT2D eigenvalue weighted by Gasteiger charge is -2.27. The molecule has 1 aliphatic rings. The van der Waals surface area contributed by atoms with E-state index in [0.717, 1.165) is 42.9 Å². The Morgan fingerprint density at radius 1 is 1.25 bits per heavy atom. The number of nitrogens with one attached hydrogen (secondary N) is 1. The summed E-state index contributed by atoms with van der Waals surface area (Å²) in [7, 11) is 1.84. The zero-order valence-electron chi connectivity index (χ0n) is 11.8. The second-order valence-electron chi connectivity index (χ2n) is 5.20. The third-order valence-corrected chi connectivity index (χ3v) is 3.88. The Kier molecular flexibility index (Phi) is 3.58. The number of likely N-dealkylation sites (tertiary alicyclic amines) is 1. The van der Waals surface area contributed by atoms with E-state index >= 15 is 0 Å². The number of hydrogen-bond acceptors (Lipinski definition) is 3. The van der Waals surface area contributed by atoms with Crippen molar-refractivity contribution in [2.45, 2.75) is 25.8 Å². The number of amides is 1. The van der Waals surface area contributed by atoms with Gasteiger partial charge in [0.05, 0.1) is 11.0 Å². The molecule has 1 fully saturated rings. The van der Waals surface area contributed by atoms with Gasteiger partial charge in [0, 0.05) is 20.1 Å². The summed E-state index contributed by atoms with van der Waals surface area (Å²) >= 11 is 0. The fourth-order valence-corrected chi connectivity index (χ4v) is 2.80. The summed E-state index contributed by atoms with van der Waals surface area (Å²) in [6.45, 7) is 2.14. The molecule has 2 heterocycles. The van der Waals surface area contributed by atoms with Gasteiger partial charge in [-0.15, -0.1) is 0 Å². The van der Waals surface area contributed by atoms with E-state index in [2.05, 4.69) is 10.3 Å². The van der Waals surface area contributed by atoms with Crippen molar-refractivity contribution in [3.05, 3.63) is 24.3 Å². The molecule has 2 aromatic rings. The molecule has 1 saturated heterocycles. The van der Waals surface area contributed by atoms with Crippen molar-refractivity contribution >= 4 is 22.9 Å². The van der Waals surface area contributed by atoms with Crippen molar-refractivity contribution in [1.82, 2.24) is 14.5 Å². The first-order chi connectivity index (χ1) is 9.79. The highest BCUT2D eigenvalue weighted by Crippen LogP contribution is 2.20. The molecule has 106 valence electrons. The Bertz CT molecular complexity index is 613. The van der Waals surface area contributed by atoms with Crippen LogP contribution in [0.2, 0.25) is 0 Å². The Morgan fingerprint density at radius 2 is 2.00 bits per heavy atom. The fraction of sp³-hybridized carbons (Fsp3) is 0.467. The van der Waals surface area contributed by atoms with Crippen LogP contribution in [0.4, 0.5) is 5.95 Å². The maximum absolute atomic E-state index is 12.4. The first-order valence-corrected chi connectivity index (χ1v) is 7.20. The number of hydrogen-bond donors (Lipinski definition) is 1. The van der Waals surface area contributed by atoms with Gasteiger partial charge in [-0.25, -0.2) is 4.98 Å². The first-order valence-electron chi connectivity index (χ1n) is 7.20. The molecule has 1 aromatic heterocycles. The summed E-state index contributed by atoms with van der Waals surface area (Å²) in [6, 6.07) is 7.92. The van der Waals surface area contributed by atoms with Gasteiger partial charge < -0.3 is 14.8 Å². The number of carbonyl (C=O) groups excluding carboxylic acids is 1. The molecular formula is C15H20N4O. The highest BCUT2D eigenvalue weighted by molar-refractivity contribution is 5.83. The van der Waals surface area contributed by atoms with E-state index in [1.54, 1.807) is 0 Å². The van der Waals surface area contributed by atoms with Gasteiger partial charge in [-0.05, 0) is 31.4 Å². The Balaban J connectivity index is 1.87. The van der Waals surface area contributed by atoms with E-state index in [1.165, 1.54) is 6.42 Å². The molecule has 5 heteroatoms. The number of benzene rings is 1. The summed E-state index contributed by atoms with van der Waals surface area (Å²) in [4.78, 5) is 18.9. The summed E-state index contributed by atoms with van der Waals surface area (Å²) in [5, 5.41) is 3.07. The number of fused-ring (bicyclic) bond motifs is 1. The summed E-state index contributed by atoms with van der Waals surface area (Å²) in [5.74, 6) is 0.931. The number of carbonyl (C=O) groups is 1. The Hall–Kier alpha value is -2.04. The minimum Gasteiger partial charge on any atom is -0.359 e. The molecule has 0 saturated carbocycles. The number of nitrogens with zero attached hydrogens (tertiary/aromatic N) is 3. The molecule has 0 unspecified atom stereocenters. The quantitative estimate of drug-likeness (QED) is 0.931. The van der Waals surface area contributed by atoms with Crippen LogP contribution in [-0.2, 0) is 11.3 Å². The average molecular weight is 272 g/mol. The lowest BCUT2D eigenvalue weighted by molar-refractivity contribution is -0.132. The summed E-state index contributed by atoms with van der Waals surface area (Å²) in [6.07, 6.45) is 3.48. The molecule has 1 amide bonds. The highest BCUT2D eigenvalue weighted by atomic mass is 16.2. The molecule has 1 aliphatic heterocycles. The molecule has 0 aliphatic carbocycles. The van der Waals surface area contributed by atoms with Gasteiger partial charge in [-0.3, -0.25) is 4.79 Å². The molecule has 1 N–H and O–H groups in total. The van der Waals surface area contributed by atoms with Crippen molar-refractivity contribution in [1.29, 1.82) is 0 Å². The number of rotatable bonds is 3. The maximum atomic E-state index is 12.4. The van der Waals surface area contributed by atoms with Gasteiger partial charge in [0.1, 0.15) is 6.54 Å². The average Bonchev–Trinajstić information content (AvgIpc) is 2.86. The van der Waals surface area contributed by atoms with Crippen LogP contribution in [0, 0.1) is 0 Å². The van der Waals surface area contributed by atoms with Crippen molar-refractivity contribution < 1.29 is 4.79 Å². The van der Waals surface area contributed by atoms with Gasteiger partial charge >= 0.3 is 0 Å². The SMILES string of the molecule is CNc1nc2ccccc2n1CC(=O)N1CCCCC1. The zero-order chi connectivity index (χ0) is 13.9. The monoisotopic (exact) mass is 272 g/mol. The van der Waals surface area contributed by atoms with Gasteiger partial charge in [0.25, 0.3) is 0 Å². The molecule has 3 rings (SSSR count). The predicted molar refractivity (Wildman–Crippen MR) is 79.7 cm³/mol. The summed E-state index contributed by atoms with van der Waals surface area (Å²) in [5.41, 5.74) is 1.92. The van der Waals surface area contributed by atoms with Crippen LogP contribution in [0.25, 0.3) is 11.0 Å². The predicted octanol–water partition coefficient (Wildman–Crippen LogP) is 2.09. The van der Waals surface area contributed by atoms with Crippen molar-refractivity contribution in [3.8, 4) is 0 Å². The molecule has 20 heavy (non-hydrogen) atoms. The number of imidazole rings is 1. The number of aromatic nitrogens is 2. The van der Waals surface area contributed by atoms with Crippen LogP contribution < -0.4 is 5.32 Å². The lowest BCUT2D eigenvalue weighted by atomic mass is 10.1. The second kappa shape index (κ2) is 5.53. The van der Waals surface area contributed by atoms with Crippen molar-refractivity contribution in [3.63, 3.8) is 0 Å². The molecule has 0 radical (unpaired) electrons. The van der Waals surface area contributed by atoms with Crippen LogP contribution in [0.3, 0.4) is 0 Å². The van der Waals surface area contributed by atoms with Gasteiger partial charge in [-0.1, -0.05) is 12.1 Å². The maximum Gasteiger partial charge on any atom is 0.242 e. The topological polar surface area (TPSA) is 50.2 Å². The fourth-order valence-electron chi connectivity index (χ4n) is 2.80. The van der Waals surface area contributed by atoms with Gasteiger partial charge in [-0.2, -0.15) is 0 Å². The van der Waals surface area contributed by atoms with Crippen LogP contribution in [-0.4, -0.2) is 40.5 Å². The van der Waals surface area contributed by atoms with E-state index in [0.29, 0.717) is 6.54 Å². The minimum absolute atomic E-state index is 0.185.